The first-order valence-corrected chi connectivity index (χ1v) is 6.50. The zero-order valence-electron chi connectivity index (χ0n) is 10.6. The normalized spacial score (nSPS) is 19.3. The average molecular weight is 305 g/mol. The lowest BCUT2D eigenvalue weighted by atomic mass is 9.96. The molecule has 1 saturated carbocycles. The Morgan fingerprint density at radius 1 is 1.35 bits per heavy atom. The van der Waals surface area contributed by atoms with Gasteiger partial charge < -0.3 is 5.73 Å². The van der Waals surface area contributed by atoms with Crippen LogP contribution < -0.4 is 5.73 Å². The number of rotatable bonds is 2. The van der Waals surface area contributed by atoms with Crippen LogP contribution in [0.25, 0.3) is 5.65 Å². The number of hydrogen-bond donors (Lipinski definition) is 1. The van der Waals surface area contributed by atoms with Gasteiger partial charge in [-0.25, -0.2) is 0 Å². The Bertz CT molecular complexity index is 673. The molecule has 0 saturated heterocycles. The van der Waals surface area contributed by atoms with Gasteiger partial charge in [-0.15, -0.1) is 10.2 Å². The molecular formula is C12H12ClF3N4. The van der Waals surface area contributed by atoms with E-state index in [1.54, 1.807) is 6.92 Å². The Kier molecular flexibility index (Phi) is 2.78. The van der Waals surface area contributed by atoms with Crippen LogP contribution in [0.1, 0.15) is 31.2 Å². The molecule has 1 unspecified atom stereocenters. The van der Waals surface area contributed by atoms with E-state index in [9.17, 15) is 13.2 Å². The van der Waals surface area contributed by atoms with E-state index in [2.05, 4.69) is 10.2 Å². The highest BCUT2D eigenvalue weighted by molar-refractivity contribution is 6.33. The number of pyridine rings is 1. The van der Waals surface area contributed by atoms with Gasteiger partial charge in [0.25, 0.3) is 0 Å². The van der Waals surface area contributed by atoms with Crippen molar-refractivity contribution in [1.82, 2.24) is 14.6 Å². The predicted octanol–water partition coefficient (Wildman–Crippen LogP) is 2.99. The van der Waals surface area contributed by atoms with Crippen molar-refractivity contribution in [3.05, 3.63) is 28.7 Å². The third kappa shape index (κ3) is 2.05. The summed E-state index contributed by atoms with van der Waals surface area (Å²) in [5.74, 6) is 0.520. The Morgan fingerprint density at radius 3 is 2.55 bits per heavy atom. The fourth-order valence-electron chi connectivity index (χ4n) is 2.34. The third-order valence-electron chi connectivity index (χ3n) is 3.69. The van der Waals surface area contributed by atoms with Crippen LogP contribution in [0.15, 0.2) is 12.3 Å². The smallest absolute Gasteiger partial charge is 0.319 e. The summed E-state index contributed by atoms with van der Waals surface area (Å²) in [4.78, 5) is 0. The number of halogens is 4. The van der Waals surface area contributed by atoms with E-state index >= 15 is 0 Å². The van der Waals surface area contributed by atoms with Gasteiger partial charge in [-0.3, -0.25) is 4.40 Å². The van der Waals surface area contributed by atoms with E-state index in [0.717, 1.165) is 25.1 Å². The van der Waals surface area contributed by atoms with Crippen molar-refractivity contribution < 1.29 is 13.2 Å². The molecule has 4 nitrogen and oxygen atoms in total. The zero-order valence-corrected chi connectivity index (χ0v) is 11.3. The Labute approximate surface area is 117 Å². The summed E-state index contributed by atoms with van der Waals surface area (Å²) < 4.78 is 39.8. The molecule has 2 heterocycles. The molecule has 1 atom stereocenters. The van der Waals surface area contributed by atoms with Gasteiger partial charge in [0.1, 0.15) is 0 Å². The molecule has 3 rings (SSSR count). The minimum atomic E-state index is -4.48. The number of fused-ring (bicyclic) bond motifs is 1. The first kappa shape index (κ1) is 13.6. The Hall–Kier alpha value is -1.34. The van der Waals surface area contributed by atoms with Gasteiger partial charge >= 0.3 is 6.18 Å². The van der Waals surface area contributed by atoms with Crippen molar-refractivity contribution >= 4 is 17.2 Å². The van der Waals surface area contributed by atoms with E-state index in [-0.39, 0.29) is 16.6 Å². The fraction of sp³-hybridized carbons (Fsp3) is 0.500. The van der Waals surface area contributed by atoms with Crippen molar-refractivity contribution in [1.29, 1.82) is 0 Å². The molecule has 2 N–H and O–H groups in total. The maximum Gasteiger partial charge on any atom is 0.417 e. The second-order valence-electron chi connectivity index (χ2n) is 5.35. The summed E-state index contributed by atoms with van der Waals surface area (Å²) in [6.45, 7) is 1.76. The maximum absolute atomic E-state index is 12.9. The lowest BCUT2D eigenvalue weighted by molar-refractivity contribution is -0.137. The number of aromatic nitrogens is 3. The van der Waals surface area contributed by atoms with Gasteiger partial charge in [-0.1, -0.05) is 11.6 Å². The third-order valence-corrected chi connectivity index (χ3v) is 3.97. The summed E-state index contributed by atoms with van der Waals surface area (Å²) in [5.41, 5.74) is 4.75. The van der Waals surface area contributed by atoms with Crippen molar-refractivity contribution in [2.75, 3.05) is 0 Å². The Balaban J connectivity index is 2.22. The summed E-state index contributed by atoms with van der Waals surface area (Å²) >= 11 is 5.86. The van der Waals surface area contributed by atoms with Crippen LogP contribution in [0.3, 0.4) is 0 Å². The van der Waals surface area contributed by atoms with Crippen molar-refractivity contribution in [3.8, 4) is 0 Å². The van der Waals surface area contributed by atoms with Crippen molar-refractivity contribution in [3.63, 3.8) is 0 Å². The van der Waals surface area contributed by atoms with Crippen molar-refractivity contribution in [2.24, 2.45) is 11.7 Å². The van der Waals surface area contributed by atoms with Crippen LogP contribution in [0.4, 0.5) is 13.2 Å². The molecule has 1 aliphatic rings. The molecule has 20 heavy (non-hydrogen) atoms. The second-order valence-corrected chi connectivity index (χ2v) is 5.76. The monoisotopic (exact) mass is 304 g/mol. The van der Waals surface area contributed by atoms with E-state index in [4.69, 9.17) is 17.3 Å². The van der Waals surface area contributed by atoms with Gasteiger partial charge in [0.2, 0.25) is 0 Å². The first-order valence-electron chi connectivity index (χ1n) is 6.12. The van der Waals surface area contributed by atoms with Gasteiger partial charge in [0, 0.05) is 6.20 Å². The lowest BCUT2D eigenvalue weighted by Gasteiger charge is -2.22. The zero-order chi connectivity index (χ0) is 14.7. The quantitative estimate of drug-likeness (QED) is 0.928. The molecule has 0 aromatic carbocycles. The number of nitrogens with zero attached hydrogens (tertiary/aromatic N) is 3. The highest BCUT2D eigenvalue weighted by Crippen LogP contribution is 2.43. The second kappa shape index (κ2) is 4.08. The molecule has 0 radical (unpaired) electrons. The minimum Gasteiger partial charge on any atom is -0.319 e. The minimum absolute atomic E-state index is 0.0924. The van der Waals surface area contributed by atoms with Crippen LogP contribution in [0.5, 0.6) is 0 Å². The molecule has 1 fully saturated rings. The van der Waals surface area contributed by atoms with Gasteiger partial charge in [-0.2, -0.15) is 13.2 Å². The van der Waals surface area contributed by atoms with E-state index < -0.39 is 17.3 Å². The van der Waals surface area contributed by atoms with Gasteiger partial charge in [0.15, 0.2) is 11.5 Å². The van der Waals surface area contributed by atoms with Crippen LogP contribution in [0.2, 0.25) is 5.02 Å². The first-order chi connectivity index (χ1) is 9.21. The Morgan fingerprint density at radius 2 is 2.00 bits per heavy atom. The molecule has 0 spiro atoms. The molecule has 108 valence electrons. The van der Waals surface area contributed by atoms with Crippen LogP contribution in [-0.2, 0) is 11.7 Å². The van der Waals surface area contributed by atoms with Gasteiger partial charge in [0.05, 0.1) is 16.1 Å². The number of nitrogens with two attached hydrogens (primary N) is 1. The standard InChI is InChI=1S/C12H12ClF3N4/c1-11(17,6-2-3-6)10-19-18-9-8(13)4-7(5-20(9)10)12(14,15)16/h4-6H,2-3,17H2,1H3. The summed E-state index contributed by atoms with van der Waals surface area (Å²) in [7, 11) is 0. The average Bonchev–Trinajstić information content (AvgIpc) is 3.08. The largest absolute Gasteiger partial charge is 0.417 e. The van der Waals surface area contributed by atoms with Gasteiger partial charge in [-0.05, 0) is 31.7 Å². The van der Waals surface area contributed by atoms with E-state index in [0.29, 0.717) is 5.82 Å². The maximum atomic E-state index is 12.9. The van der Waals surface area contributed by atoms with E-state index in [1.807, 2.05) is 0 Å². The molecule has 8 heteroatoms. The molecule has 0 aliphatic heterocycles. The summed E-state index contributed by atoms with van der Waals surface area (Å²) in [6.07, 6.45) is -1.66. The topological polar surface area (TPSA) is 56.2 Å². The number of alkyl halides is 3. The van der Waals surface area contributed by atoms with Crippen LogP contribution >= 0.6 is 11.6 Å². The lowest BCUT2D eigenvalue weighted by Crippen LogP contribution is -2.37. The summed E-state index contributed by atoms with van der Waals surface area (Å²) in [5, 5.41) is 7.71. The molecule has 1 aliphatic carbocycles. The molecule has 0 bridgehead atoms. The molecule has 2 aromatic rings. The highest BCUT2D eigenvalue weighted by Gasteiger charge is 2.43. The fourth-order valence-corrected chi connectivity index (χ4v) is 2.59. The SMILES string of the molecule is CC(N)(c1nnc2c(Cl)cc(C(F)(F)F)cn12)C1CC1. The highest BCUT2D eigenvalue weighted by atomic mass is 35.5. The van der Waals surface area contributed by atoms with Crippen molar-refractivity contribution in [2.45, 2.75) is 31.5 Å². The predicted molar refractivity (Wildman–Crippen MR) is 67.3 cm³/mol. The number of hydrogen-bond acceptors (Lipinski definition) is 3. The van der Waals surface area contributed by atoms with E-state index in [1.165, 1.54) is 4.40 Å². The van der Waals surface area contributed by atoms with Crippen LogP contribution in [-0.4, -0.2) is 14.6 Å². The molecular weight excluding hydrogens is 293 g/mol. The molecule has 0 amide bonds. The molecule has 2 aromatic heterocycles. The summed E-state index contributed by atoms with van der Waals surface area (Å²) in [6, 6.07) is 0.848. The van der Waals surface area contributed by atoms with Crippen LogP contribution in [0, 0.1) is 5.92 Å².